The van der Waals surface area contributed by atoms with Crippen molar-refractivity contribution in [2.24, 2.45) is 0 Å². The zero-order valence-electron chi connectivity index (χ0n) is 14.7. The first-order chi connectivity index (χ1) is 13.3. The largest absolute Gasteiger partial charge is 0.452 e. The molecule has 28 heavy (non-hydrogen) atoms. The van der Waals surface area contributed by atoms with Crippen molar-refractivity contribution >= 4 is 29.2 Å². The third-order valence-corrected chi connectivity index (χ3v) is 3.22. The number of hydrogen-bond donors (Lipinski definition) is 3. The standard InChI is InChI=1S/C18H17F2N3O5/c1-11(24)22-23-16(25)10-27-17(26)14-4-2-3-5-15(14)21-12-6-8-13(9-7-12)28-18(19)20/h2-9,18,21H,10H2,1H3,(H,22,24)(H,23,25). The number of halogens is 2. The van der Waals surface area contributed by atoms with Crippen LogP contribution in [-0.2, 0) is 14.3 Å². The lowest BCUT2D eigenvalue weighted by molar-refractivity contribution is -0.129. The van der Waals surface area contributed by atoms with Crippen LogP contribution in [0.4, 0.5) is 20.2 Å². The van der Waals surface area contributed by atoms with Crippen LogP contribution in [0.25, 0.3) is 0 Å². The van der Waals surface area contributed by atoms with E-state index in [1.54, 1.807) is 18.2 Å². The second kappa shape index (κ2) is 9.86. The smallest absolute Gasteiger partial charge is 0.387 e. The van der Waals surface area contributed by atoms with Crippen LogP contribution in [0.1, 0.15) is 17.3 Å². The van der Waals surface area contributed by atoms with Gasteiger partial charge in [0.05, 0.1) is 11.3 Å². The third-order valence-electron chi connectivity index (χ3n) is 3.22. The Bertz CT molecular complexity index is 843. The van der Waals surface area contributed by atoms with Crippen molar-refractivity contribution in [2.45, 2.75) is 13.5 Å². The van der Waals surface area contributed by atoms with Gasteiger partial charge in [-0.25, -0.2) is 4.79 Å². The van der Waals surface area contributed by atoms with Crippen molar-refractivity contribution in [1.82, 2.24) is 10.9 Å². The van der Waals surface area contributed by atoms with Gasteiger partial charge in [-0.3, -0.25) is 20.4 Å². The highest BCUT2D eigenvalue weighted by Gasteiger charge is 2.15. The van der Waals surface area contributed by atoms with Crippen molar-refractivity contribution < 1.29 is 32.6 Å². The van der Waals surface area contributed by atoms with E-state index in [4.69, 9.17) is 4.74 Å². The van der Waals surface area contributed by atoms with Gasteiger partial charge in [-0.2, -0.15) is 8.78 Å². The number of ether oxygens (including phenoxy) is 2. The van der Waals surface area contributed by atoms with Crippen LogP contribution in [0.2, 0.25) is 0 Å². The molecule has 0 aliphatic heterocycles. The Morgan fingerprint density at radius 2 is 1.68 bits per heavy atom. The highest BCUT2D eigenvalue weighted by atomic mass is 19.3. The molecular formula is C18H17F2N3O5. The van der Waals surface area contributed by atoms with Crippen molar-refractivity contribution in [3.8, 4) is 5.75 Å². The molecule has 0 spiro atoms. The number of nitrogens with one attached hydrogen (secondary N) is 3. The minimum absolute atomic E-state index is 0.00146. The van der Waals surface area contributed by atoms with Crippen molar-refractivity contribution in [1.29, 1.82) is 0 Å². The molecule has 0 unspecified atom stereocenters. The van der Waals surface area contributed by atoms with Crippen LogP contribution < -0.4 is 20.9 Å². The first kappa shape index (κ1) is 20.6. The Balaban J connectivity index is 2.00. The molecule has 2 amide bonds. The maximum atomic E-state index is 12.2. The van der Waals surface area contributed by atoms with E-state index in [0.29, 0.717) is 11.4 Å². The topological polar surface area (TPSA) is 106 Å². The summed E-state index contributed by atoms with van der Waals surface area (Å²) in [7, 11) is 0. The minimum atomic E-state index is -2.92. The number of carbonyl (C=O) groups is 3. The number of rotatable bonds is 7. The molecule has 10 heteroatoms. The van der Waals surface area contributed by atoms with E-state index in [0.717, 1.165) is 0 Å². The van der Waals surface area contributed by atoms with E-state index < -0.39 is 31.0 Å². The fraction of sp³-hybridized carbons (Fsp3) is 0.167. The van der Waals surface area contributed by atoms with Crippen LogP contribution in [0.5, 0.6) is 5.75 Å². The Morgan fingerprint density at radius 1 is 1.00 bits per heavy atom. The zero-order valence-corrected chi connectivity index (χ0v) is 14.7. The SMILES string of the molecule is CC(=O)NNC(=O)COC(=O)c1ccccc1Nc1ccc(OC(F)F)cc1. The summed E-state index contributed by atoms with van der Waals surface area (Å²) in [4.78, 5) is 34.4. The molecule has 0 heterocycles. The van der Waals surface area contributed by atoms with Gasteiger partial charge in [0.2, 0.25) is 5.91 Å². The number of amides is 2. The van der Waals surface area contributed by atoms with Crippen molar-refractivity contribution in [3.63, 3.8) is 0 Å². The fourth-order valence-corrected chi connectivity index (χ4v) is 2.05. The molecule has 0 radical (unpaired) electrons. The van der Waals surface area contributed by atoms with Gasteiger partial charge in [0.15, 0.2) is 6.61 Å². The summed E-state index contributed by atoms with van der Waals surface area (Å²) >= 11 is 0. The Morgan fingerprint density at radius 3 is 2.32 bits per heavy atom. The molecule has 2 aromatic carbocycles. The summed E-state index contributed by atoms with van der Waals surface area (Å²) in [6.45, 7) is -2.30. The molecule has 0 aromatic heterocycles. The second-order valence-electron chi connectivity index (χ2n) is 5.38. The molecule has 148 valence electrons. The quantitative estimate of drug-likeness (QED) is 0.493. The second-order valence-corrected chi connectivity index (χ2v) is 5.38. The van der Waals surface area contributed by atoms with Crippen molar-refractivity contribution in [3.05, 3.63) is 54.1 Å². The molecule has 0 aliphatic carbocycles. The molecule has 0 aliphatic rings. The van der Waals surface area contributed by atoms with E-state index in [-0.39, 0.29) is 11.3 Å². The highest BCUT2D eigenvalue weighted by molar-refractivity contribution is 5.97. The van der Waals surface area contributed by atoms with E-state index in [2.05, 4.69) is 20.9 Å². The van der Waals surface area contributed by atoms with Crippen LogP contribution in [0.15, 0.2) is 48.5 Å². The van der Waals surface area contributed by atoms with E-state index in [1.165, 1.54) is 37.3 Å². The van der Waals surface area contributed by atoms with Crippen LogP contribution in [-0.4, -0.2) is 31.0 Å². The summed E-state index contributed by atoms with van der Waals surface area (Å²) in [5.41, 5.74) is 5.20. The third kappa shape index (κ3) is 6.56. The highest BCUT2D eigenvalue weighted by Crippen LogP contribution is 2.24. The lowest BCUT2D eigenvalue weighted by Gasteiger charge is -2.12. The predicted molar refractivity (Wildman–Crippen MR) is 95.0 cm³/mol. The predicted octanol–water partition coefficient (Wildman–Crippen LogP) is 2.36. The van der Waals surface area contributed by atoms with Gasteiger partial charge in [-0.15, -0.1) is 0 Å². The average Bonchev–Trinajstić information content (AvgIpc) is 2.66. The Labute approximate surface area is 158 Å². The first-order valence-corrected chi connectivity index (χ1v) is 7.98. The number of hydrogen-bond acceptors (Lipinski definition) is 6. The molecule has 0 fully saturated rings. The maximum absolute atomic E-state index is 12.2. The summed E-state index contributed by atoms with van der Waals surface area (Å²) in [6.07, 6.45) is 0. The number of para-hydroxylation sites is 1. The van der Waals surface area contributed by atoms with Gasteiger partial charge < -0.3 is 14.8 Å². The number of benzene rings is 2. The first-order valence-electron chi connectivity index (χ1n) is 7.98. The van der Waals surface area contributed by atoms with E-state index in [9.17, 15) is 23.2 Å². The summed E-state index contributed by atoms with van der Waals surface area (Å²) < 4.78 is 33.6. The molecule has 0 saturated heterocycles. The number of esters is 1. The van der Waals surface area contributed by atoms with Gasteiger partial charge in [0.1, 0.15) is 5.75 Å². The lowest BCUT2D eigenvalue weighted by Crippen LogP contribution is -2.42. The molecular weight excluding hydrogens is 376 g/mol. The van der Waals surface area contributed by atoms with E-state index >= 15 is 0 Å². The van der Waals surface area contributed by atoms with Crippen LogP contribution in [0, 0.1) is 0 Å². The summed E-state index contributed by atoms with van der Waals surface area (Å²) in [6, 6.07) is 12.1. The monoisotopic (exact) mass is 393 g/mol. The minimum Gasteiger partial charge on any atom is -0.452 e. The average molecular weight is 393 g/mol. The zero-order chi connectivity index (χ0) is 20.5. The van der Waals surface area contributed by atoms with Gasteiger partial charge in [0.25, 0.3) is 5.91 Å². The van der Waals surface area contributed by atoms with Crippen LogP contribution >= 0.6 is 0 Å². The summed E-state index contributed by atoms with van der Waals surface area (Å²) in [5.74, 6) is -1.94. The normalized spacial score (nSPS) is 10.1. The summed E-state index contributed by atoms with van der Waals surface area (Å²) in [5, 5.41) is 2.96. The van der Waals surface area contributed by atoms with Crippen molar-refractivity contribution in [2.75, 3.05) is 11.9 Å². The lowest BCUT2D eigenvalue weighted by atomic mass is 10.1. The molecule has 0 saturated carbocycles. The van der Waals surface area contributed by atoms with Gasteiger partial charge in [-0.1, -0.05) is 12.1 Å². The maximum Gasteiger partial charge on any atom is 0.387 e. The molecule has 0 bridgehead atoms. The molecule has 3 N–H and O–H groups in total. The Hall–Kier alpha value is -3.69. The van der Waals surface area contributed by atoms with Gasteiger partial charge in [0, 0.05) is 12.6 Å². The number of hydrazine groups is 1. The van der Waals surface area contributed by atoms with Gasteiger partial charge >= 0.3 is 12.6 Å². The molecule has 8 nitrogen and oxygen atoms in total. The number of carbonyl (C=O) groups excluding carboxylic acids is 3. The number of anilines is 2. The van der Waals surface area contributed by atoms with Gasteiger partial charge in [-0.05, 0) is 36.4 Å². The fourth-order valence-electron chi connectivity index (χ4n) is 2.05. The number of alkyl halides is 2. The molecule has 2 rings (SSSR count). The Kier molecular flexibility index (Phi) is 7.26. The van der Waals surface area contributed by atoms with Crippen LogP contribution in [0.3, 0.4) is 0 Å². The molecule has 2 aromatic rings. The van der Waals surface area contributed by atoms with E-state index in [1.807, 2.05) is 0 Å². The molecule has 0 atom stereocenters.